The molecule has 0 amide bonds. The molecule has 4 heteroatoms. The summed E-state index contributed by atoms with van der Waals surface area (Å²) < 4.78 is 2.26. The van der Waals surface area contributed by atoms with Gasteiger partial charge in [-0.05, 0) is 44.9 Å². The summed E-state index contributed by atoms with van der Waals surface area (Å²) in [6.45, 7) is 7.29. The Kier molecular flexibility index (Phi) is 5.51. The molecule has 0 spiro atoms. The highest BCUT2D eigenvalue weighted by Crippen LogP contribution is 2.23. The van der Waals surface area contributed by atoms with Gasteiger partial charge in [-0.15, -0.1) is 0 Å². The lowest BCUT2D eigenvalue weighted by molar-refractivity contribution is 0.151. The van der Waals surface area contributed by atoms with E-state index in [1.165, 1.54) is 5.52 Å². The van der Waals surface area contributed by atoms with Crippen molar-refractivity contribution in [1.82, 2.24) is 14.9 Å². The first-order valence-corrected chi connectivity index (χ1v) is 9.04. The van der Waals surface area contributed by atoms with Crippen LogP contribution in [0.2, 0.25) is 0 Å². The molecule has 3 atom stereocenters. The van der Waals surface area contributed by atoms with E-state index in [2.05, 4.69) is 48.9 Å². The van der Waals surface area contributed by atoms with Crippen LogP contribution in [-0.2, 0) is 6.54 Å². The lowest BCUT2D eigenvalue weighted by Gasteiger charge is -2.23. The van der Waals surface area contributed by atoms with Crippen LogP contribution >= 0.6 is 0 Å². The molecule has 1 aromatic heterocycles. The maximum absolute atomic E-state index is 10.4. The molecule has 1 heterocycles. The number of fused-ring (bicyclic) bond motifs is 1. The molecule has 0 aliphatic carbocycles. The number of nitrogens with one attached hydrogen (secondary N) is 1. The zero-order valence-corrected chi connectivity index (χ0v) is 15.2. The van der Waals surface area contributed by atoms with Crippen LogP contribution in [-0.4, -0.2) is 20.7 Å². The fourth-order valence-electron chi connectivity index (χ4n) is 3.47. The molecule has 25 heavy (non-hydrogen) atoms. The SMILES string of the molecule is CCn1c(C(C)NC(C)CC(O)c2ccccc2)nc2ccccc21. The second-order valence-corrected chi connectivity index (χ2v) is 6.65. The first kappa shape index (κ1) is 17.6. The lowest BCUT2D eigenvalue weighted by Crippen LogP contribution is -2.32. The van der Waals surface area contributed by atoms with Crippen molar-refractivity contribution in [2.75, 3.05) is 0 Å². The molecule has 0 radical (unpaired) electrons. The predicted molar refractivity (Wildman–Crippen MR) is 102 cm³/mol. The van der Waals surface area contributed by atoms with Gasteiger partial charge < -0.3 is 15.0 Å². The highest BCUT2D eigenvalue weighted by molar-refractivity contribution is 5.76. The van der Waals surface area contributed by atoms with E-state index in [0.29, 0.717) is 6.42 Å². The Morgan fingerprint density at radius 2 is 1.72 bits per heavy atom. The molecule has 3 rings (SSSR count). The highest BCUT2D eigenvalue weighted by Gasteiger charge is 2.19. The third-order valence-corrected chi connectivity index (χ3v) is 4.68. The number of para-hydroxylation sites is 2. The van der Waals surface area contributed by atoms with Crippen molar-refractivity contribution in [1.29, 1.82) is 0 Å². The van der Waals surface area contributed by atoms with Gasteiger partial charge in [0.15, 0.2) is 0 Å². The molecule has 0 fully saturated rings. The van der Waals surface area contributed by atoms with Crippen LogP contribution in [0.4, 0.5) is 0 Å². The molecule has 2 N–H and O–H groups in total. The zero-order valence-electron chi connectivity index (χ0n) is 15.2. The number of nitrogens with zero attached hydrogens (tertiary/aromatic N) is 2. The Morgan fingerprint density at radius 1 is 1.04 bits per heavy atom. The van der Waals surface area contributed by atoms with E-state index in [-0.39, 0.29) is 12.1 Å². The van der Waals surface area contributed by atoms with Crippen LogP contribution in [0.5, 0.6) is 0 Å². The van der Waals surface area contributed by atoms with Crippen molar-refractivity contribution in [3.05, 3.63) is 66.0 Å². The van der Waals surface area contributed by atoms with Gasteiger partial charge in [0.1, 0.15) is 5.82 Å². The summed E-state index contributed by atoms with van der Waals surface area (Å²) >= 11 is 0. The number of hydrogen-bond donors (Lipinski definition) is 2. The van der Waals surface area contributed by atoms with Crippen molar-refractivity contribution in [2.45, 2.75) is 51.9 Å². The molecule has 3 unspecified atom stereocenters. The summed E-state index contributed by atoms with van der Waals surface area (Å²) in [6.07, 6.45) is 0.210. The molecular formula is C21H27N3O. The summed E-state index contributed by atoms with van der Waals surface area (Å²) in [4.78, 5) is 4.81. The summed E-state index contributed by atoms with van der Waals surface area (Å²) in [6, 6.07) is 18.4. The fraction of sp³-hybridized carbons (Fsp3) is 0.381. The Hall–Kier alpha value is -2.17. The fourth-order valence-corrected chi connectivity index (χ4v) is 3.47. The van der Waals surface area contributed by atoms with Crippen molar-refractivity contribution in [2.24, 2.45) is 0 Å². The second kappa shape index (κ2) is 7.81. The zero-order chi connectivity index (χ0) is 17.8. The topological polar surface area (TPSA) is 50.1 Å². The molecule has 0 aliphatic heterocycles. The number of aromatic nitrogens is 2. The number of hydrogen-bond acceptors (Lipinski definition) is 3. The van der Waals surface area contributed by atoms with Gasteiger partial charge in [0.2, 0.25) is 0 Å². The number of aryl methyl sites for hydroxylation is 1. The lowest BCUT2D eigenvalue weighted by atomic mass is 10.0. The average molecular weight is 337 g/mol. The van der Waals surface area contributed by atoms with Crippen molar-refractivity contribution < 1.29 is 5.11 Å². The molecule has 2 aromatic carbocycles. The minimum atomic E-state index is -0.458. The van der Waals surface area contributed by atoms with Gasteiger partial charge in [0, 0.05) is 12.6 Å². The van der Waals surface area contributed by atoms with E-state index < -0.39 is 6.10 Å². The Morgan fingerprint density at radius 3 is 2.44 bits per heavy atom. The van der Waals surface area contributed by atoms with Gasteiger partial charge in [-0.2, -0.15) is 0 Å². The molecule has 132 valence electrons. The van der Waals surface area contributed by atoms with Crippen molar-refractivity contribution >= 4 is 11.0 Å². The summed E-state index contributed by atoms with van der Waals surface area (Å²) in [7, 11) is 0. The van der Waals surface area contributed by atoms with Crippen LogP contribution in [0.15, 0.2) is 54.6 Å². The monoisotopic (exact) mass is 337 g/mol. The second-order valence-electron chi connectivity index (χ2n) is 6.65. The molecular weight excluding hydrogens is 310 g/mol. The third kappa shape index (κ3) is 3.91. The van der Waals surface area contributed by atoms with Crippen molar-refractivity contribution in [3.8, 4) is 0 Å². The van der Waals surface area contributed by atoms with E-state index in [9.17, 15) is 5.11 Å². The largest absolute Gasteiger partial charge is 0.388 e. The number of rotatable bonds is 7. The maximum atomic E-state index is 10.4. The number of imidazole rings is 1. The summed E-state index contributed by atoms with van der Waals surface area (Å²) in [5, 5.41) is 14.0. The molecule has 4 nitrogen and oxygen atoms in total. The van der Waals surface area contributed by atoms with E-state index in [0.717, 1.165) is 23.4 Å². The summed E-state index contributed by atoms with van der Waals surface area (Å²) in [5.74, 6) is 1.05. The maximum Gasteiger partial charge on any atom is 0.126 e. The predicted octanol–water partition coefficient (Wildman–Crippen LogP) is 4.22. The van der Waals surface area contributed by atoms with Gasteiger partial charge in [0.25, 0.3) is 0 Å². The smallest absolute Gasteiger partial charge is 0.126 e. The molecule has 0 saturated heterocycles. The quantitative estimate of drug-likeness (QED) is 0.679. The molecule has 0 saturated carbocycles. The minimum absolute atomic E-state index is 0.116. The molecule has 3 aromatic rings. The molecule has 0 bridgehead atoms. The van der Waals surface area contributed by atoms with Gasteiger partial charge in [-0.3, -0.25) is 0 Å². The molecule has 0 aliphatic rings. The first-order valence-electron chi connectivity index (χ1n) is 9.04. The Labute approximate surface area is 149 Å². The number of aliphatic hydroxyl groups excluding tert-OH is 1. The van der Waals surface area contributed by atoms with Crippen LogP contribution in [0.1, 0.15) is 50.7 Å². The third-order valence-electron chi connectivity index (χ3n) is 4.68. The van der Waals surface area contributed by atoms with E-state index in [4.69, 9.17) is 4.98 Å². The van der Waals surface area contributed by atoms with Gasteiger partial charge in [-0.1, -0.05) is 42.5 Å². The van der Waals surface area contributed by atoms with Crippen molar-refractivity contribution in [3.63, 3.8) is 0 Å². The van der Waals surface area contributed by atoms with E-state index >= 15 is 0 Å². The van der Waals surface area contributed by atoms with Gasteiger partial charge in [-0.25, -0.2) is 4.98 Å². The highest BCUT2D eigenvalue weighted by atomic mass is 16.3. The number of aliphatic hydroxyl groups is 1. The van der Waals surface area contributed by atoms with Crippen LogP contribution in [0.3, 0.4) is 0 Å². The minimum Gasteiger partial charge on any atom is -0.388 e. The van der Waals surface area contributed by atoms with E-state index in [1.807, 2.05) is 36.4 Å². The van der Waals surface area contributed by atoms with Crippen LogP contribution in [0, 0.1) is 0 Å². The van der Waals surface area contributed by atoms with Gasteiger partial charge >= 0.3 is 0 Å². The Bertz CT molecular complexity index is 812. The normalized spacial score (nSPS) is 15.2. The summed E-state index contributed by atoms with van der Waals surface area (Å²) in [5.41, 5.74) is 3.17. The Balaban J connectivity index is 1.70. The average Bonchev–Trinajstić information content (AvgIpc) is 3.01. The van der Waals surface area contributed by atoms with Crippen LogP contribution in [0.25, 0.3) is 11.0 Å². The van der Waals surface area contributed by atoms with Gasteiger partial charge in [0.05, 0.1) is 23.2 Å². The number of benzene rings is 2. The standard InChI is InChI=1S/C21H27N3O/c1-4-24-19-13-9-8-12-18(19)23-21(24)16(3)22-15(2)14-20(25)17-10-6-5-7-11-17/h5-13,15-16,20,22,25H,4,14H2,1-3H3. The van der Waals surface area contributed by atoms with Crippen LogP contribution < -0.4 is 5.32 Å². The first-order chi connectivity index (χ1) is 12.1. The van der Waals surface area contributed by atoms with E-state index in [1.54, 1.807) is 0 Å².